The Kier molecular flexibility index (Phi) is 2.72. The second-order valence-electron chi connectivity index (χ2n) is 9.78. The van der Waals surface area contributed by atoms with Gasteiger partial charge in [-0.25, -0.2) is 0 Å². The zero-order valence-electron chi connectivity index (χ0n) is 13.3. The van der Waals surface area contributed by atoms with Crippen molar-refractivity contribution in [2.24, 2.45) is 46.3 Å². The van der Waals surface area contributed by atoms with Gasteiger partial charge < -0.3 is 0 Å². The van der Waals surface area contributed by atoms with Crippen molar-refractivity contribution in [1.82, 2.24) is 0 Å². The van der Waals surface area contributed by atoms with Gasteiger partial charge in [0.2, 0.25) is 0 Å². The van der Waals surface area contributed by atoms with Gasteiger partial charge in [0, 0.05) is 0 Å². The predicted molar refractivity (Wildman–Crippen MR) is 78.3 cm³/mol. The fourth-order valence-electron chi connectivity index (χ4n) is 6.61. The van der Waals surface area contributed by atoms with Crippen LogP contribution in [-0.2, 0) is 0 Å². The second kappa shape index (κ2) is 3.76. The fraction of sp³-hybridized carbons (Fsp3) is 1.00. The summed E-state index contributed by atoms with van der Waals surface area (Å²) >= 11 is 0. The lowest BCUT2D eigenvalue weighted by Crippen LogP contribution is -2.57. The first-order chi connectivity index (χ1) is 8.18. The van der Waals surface area contributed by atoms with E-state index in [-0.39, 0.29) is 0 Å². The molecule has 0 spiro atoms. The Hall–Kier alpha value is 0. The Morgan fingerprint density at radius 2 is 1.06 bits per heavy atom. The third kappa shape index (κ3) is 1.86. The molecule has 104 valence electrons. The third-order valence-electron chi connectivity index (χ3n) is 6.42. The highest BCUT2D eigenvalue weighted by atomic mass is 14.6. The molecular weight excluding hydrogens is 216 g/mol. The van der Waals surface area contributed by atoms with E-state index in [1.54, 1.807) is 25.7 Å². The zero-order chi connectivity index (χ0) is 13.3. The van der Waals surface area contributed by atoms with E-state index in [1.165, 1.54) is 0 Å². The van der Waals surface area contributed by atoms with Crippen LogP contribution in [0.4, 0.5) is 0 Å². The van der Waals surface area contributed by atoms with Gasteiger partial charge in [0.25, 0.3) is 0 Å². The summed E-state index contributed by atoms with van der Waals surface area (Å²) in [6, 6.07) is 0. The fourth-order valence-corrected chi connectivity index (χ4v) is 6.61. The molecule has 0 N–H and O–H groups in total. The zero-order valence-corrected chi connectivity index (χ0v) is 13.3. The maximum Gasteiger partial charge on any atom is -0.0305 e. The van der Waals surface area contributed by atoms with Crippen LogP contribution in [0.5, 0.6) is 0 Å². The van der Waals surface area contributed by atoms with E-state index >= 15 is 0 Å². The van der Waals surface area contributed by atoms with Crippen molar-refractivity contribution in [3.8, 4) is 0 Å². The second-order valence-corrected chi connectivity index (χ2v) is 9.78. The molecule has 0 heteroatoms. The van der Waals surface area contributed by atoms with E-state index in [1.807, 2.05) is 0 Å². The first kappa shape index (κ1) is 13.0. The smallest absolute Gasteiger partial charge is 0.0305 e. The minimum Gasteiger partial charge on any atom is -0.0599 e. The summed E-state index contributed by atoms with van der Waals surface area (Å²) in [4.78, 5) is 0. The molecule has 4 fully saturated rings. The van der Waals surface area contributed by atoms with Crippen molar-refractivity contribution in [3.05, 3.63) is 0 Å². The molecule has 0 nitrogen and oxygen atoms in total. The molecule has 0 aliphatic heterocycles. The Morgan fingerprint density at radius 1 is 0.611 bits per heavy atom. The van der Waals surface area contributed by atoms with Crippen molar-refractivity contribution in [2.75, 3.05) is 0 Å². The van der Waals surface area contributed by atoms with Gasteiger partial charge in [-0.1, -0.05) is 41.5 Å². The molecular formula is C18H32. The summed E-state index contributed by atoms with van der Waals surface area (Å²) in [7, 11) is 0. The van der Waals surface area contributed by atoms with Gasteiger partial charge in [-0.15, -0.1) is 0 Å². The van der Waals surface area contributed by atoms with E-state index < -0.39 is 0 Å². The highest BCUT2D eigenvalue weighted by Crippen LogP contribution is 2.65. The van der Waals surface area contributed by atoms with Gasteiger partial charge in [0.15, 0.2) is 0 Å². The highest BCUT2D eigenvalue weighted by Gasteiger charge is 2.58. The van der Waals surface area contributed by atoms with Crippen LogP contribution in [0.25, 0.3) is 0 Å². The van der Waals surface area contributed by atoms with Crippen LogP contribution in [0.2, 0.25) is 0 Å². The lowest BCUT2D eigenvalue weighted by Gasteiger charge is -2.64. The molecule has 0 saturated heterocycles. The largest absolute Gasteiger partial charge is 0.0599 e. The lowest BCUT2D eigenvalue weighted by molar-refractivity contribution is -0.151. The van der Waals surface area contributed by atoms with Gasteiger partial charge in [-0.3, -0.25) is 0 Å². The first-order valence-corrected chi connectivity index (χ1v) is 8.18. The highest BCUT2D eigenvalue weighted by molar-refractivity contribution is 5.07. The van der Waals surface area contributed by atoms with Crippen LogP contribution in [-0.4, -0.2) is 0 Å². The quantitative estimate of drug-likeness (QED) is 0.540. The molecule has 4 bridgehead atoms. The van der Waals surface area contributed by atoms with E-state index in [0.29, 0.717) is 10.8 Å². The topological polar surface area (TPSA) is 0 Å². The van der Waals surface area contributed by atoms with Gasteiger partial charge in [0.05, 0.1) is 0 Å². The summed E-state index contributed by atoms with van der Waals surface area (Å²) in [6.45, 7) is 15.0. The summed E-state index contributed by atoms with van der Waals surface area (Å²) in [6.07, 6.45) is 6.23. The Morgan fingerprint density at radius 3 is 1.44 bits per heavy atom. The number of hydrogen-bond donors (Lipinski definition) is 0. The SMILES string of the molecule is CC(C)(C)[C@H]1C2CC3C[C@@H]1C[C@H](C3)[C@H]2C(C)(C)C. The normalized spacial score (nSPS) is 47.7. The van der Waals surface area contributed by atoms with Crippen LogP contribution in [0.15, 0.2) is 0 Å². The first-order valence-electron chi connectivity index (χ1n) is 8.18. The Labute approximate surface area is 114 Å². The molecule has 0 aromatic carbocycles. The average Bonchev–Trinajstić information content (AvgIpc) is 2.10. The van der Waals surface area contributed by atoms with Gasteiger partial charge in [-0.2, -0.15) is 0 Å². The van der Waals surface area contributed by atoms with E-state index in [0.717, 1.165) is 35.5 Å². The molecule has 4 aliphatic rings. The maximum absolute atomic E-state index is 2.50. The molecule has 4 saturated carbocycles. The standard InChI is InChI=1S/C18H32/c1-17(2,3)15-12-7-11-8-13(10-12)16(14(15)9-11)18(4,5)6/h11-16H,7-10H2,1-6H3/t11?,12-,13+,14?,15-,16-/m1/s1. The van der Waals surface area contributed by atoms with Crippen molar-refractivity contribution in [3.63, 3.8) is 0 Å². The Bertz CT molecular complexity index is 297. The molecule has 4 aliphatic carbocycles. The van der Waals surface area contributed by atoms with Crippen LogP contribution in [0, 0.1) is 46.3 Å². The van der Waals surface area contributed by atoms with Crippen molar-refractivity contribution in [1.29, 1.82) is 0 Å². The summed E-state index contributed by atoms with van der Waals surface area (Å²) in [5, 5.41) is 0. The molecule has 0 amide bonds. The van der Waals surface area contributed by atoms with Gasteiger partial charge in [0.1, 0.15) is 0 Å². The number of rotatable bonds is 0. The van der Waals surface area contributed by atoms with Crippen LogP contribution < -0.4 is 0 Å². The molecule has 6 atom stereocenters. The molecule has 0 aromatic heterocycles. The van der Waals surface area contributed by atoms with Crippen LogP contribution in [0.1, 0.15) is 67.2 Å². The molecule has 0 radical (unpaired) electrons. The molecule has 2 unspecified atom stereocenters. The van der Waals surface area contributed by atoms with Crippen molar-refractivity contribution < 1.29 is 0 Å². The van der Waals surface area contributed by atoms with Crippen LogP contribution >= 0.6 is 0 Å². The minimum atomic E-state index is 0.520. The molecule has 0 aromatic rings. The summed E-state index contributed by atoms with van der Waals surface area (Å²) in [5.41, 5.74) is 1.04. The minimum absolute atomic E-state index is 0.520. The lowest BCUT2D eigenvalue weighted by atomic mass is 9.41. The van der Waals surface area contributed by atoms with Gasteiger partial charge >= 0.3 is 0 Å². The molecule has 18 heavy (non-hydrogen) atoms. The average molecular weight is 248 g/mol. The maximum atomic E-state index is 2.50. The van der Waals surface area contributed by atoms with Crippen molar-refractivity contribution >= 4 is 0 Å². The monoisotopic (exact) mass is 248 g/mol. The summed E-state index contributed by atoms with van der Waals surface area (Å²) < 4.78 is 0. The van der Waals surface area contributed by atoms with Gasteiger partial charge in [-0.05, 0) is 72.0 Å². The third-order valence-corrected chi connectivity index (χ3v) is 6.42. The van der Waals surface area contributed by atoms with Crippen molar-refractivity contribution in [2.45, 2.75) is 67.2 Å². The van der Waals surface area contributed by atoms with E-state index in [4.69, 9.17) is 0 Å². The molecule has 0 heterocycles. The Balaban J connectivity index is 1.96. The van der Waals surface area contributed by atoms with E-state index in [9.17, 15) is 0 Å². The van der Waals surface area contributed by atoms with Crippen LogP contribution in [0.3, 0.4) is 0 Å². The van der Waals surface area contributed by atoms with E-state index in [2.05, 4.69) is 41.5 Å². The predicted octanol–water partition coefficient (Wildman–Crippen LogP) is 5.38. The summed E-state index contributed by atoms with van der Waals surface area (Å²) in [5.74, 6) is 6.23. The molecule has 4 rings (SSSR count). The number of hydrogen-bond acceptors (Lipinski definition) is 0.